The summed E-state index contributed by atoms with van der Waals surface area (Å²) in [6.45, 7) is 4.43. The van der Waals surface area contributed by atoms with E-state index >= 15 is 0 Å². The van der Waals surface area contributed by atoms with Crippen molar-refractivity contribution in [3.05, 3.63) is 17.6 Å². The summed E-state index contributed by atoms with van der Waals surface area (Å²) in [6.07, 6.45) is 5.73. The lowest BCUT2D eigenvalue weighted by Gasteiger charge is -2.26. The third-order valence-electron chi connectivity index (χ3n) is 6.08. The van der Waals surface area contributed by atoms with E-state index in [1.807, 2.05) is 0 Å². The van der Waals surface area contributed by atoms with Crippen LogP contribution in [0.3, 0.4) is 0 Å². The van der Waals surface area contributed by atoms with Gasteiger partial charge in [-0.15, -0.1) is 0 Å². The zero-order chi connectivity index (χ0) is 17.4. The largest absolute Gasteiger partial charge is 0.481 e. The number of carboxylic acid groups (broad SMARTS) is 1. The second-order valence-corrected chi connectivity index (χ2v) is 7.60. The van der Waals surface area contributed by atoms with Crippen molar-refractivity contribution in [2.24, 2.45) is 11.3 Å². The van der Waals surface area contributed by atoms with E-state index in [0.29, 0.717) is 13.1 Å². The minimum Gasteiger partial charge on any atom is -0.481 e. The van der Waals surface area contributed by atoms with Gasteiger partial charge in [-0.3, -0.25) is 4.79 Å². The highest BCUT2D eigenvalue weighted by atomic mass is 16.5. The maximum Gasteiger partial charge on any atom is 0.313 e. The maximum absolute atomic E-state index is 12.2. The van der Waals surface area contributed by atoms with Gasteiger partial charge in [0.15, 0.2) is 0 Å². The number of aryl methyl sites for hydroxylation is 1. The summed E-state index contributed by atoms with van der Waals surface area (Å²) >= 11 is 0. The molecule has 1 aromatic heterocycles. The maximum atomic E-state index is 12.2. The average molecular weight is 346 g/mol. The van der Waals surface area contributed by atoms with Crippen LogP contribution in [-0.2, 0) is 22.4 Å². The molecule has 3 heterocycles. The summed E-state index contributed by atoms with van der Waals surface area (Å²) < 4.78 is 5.12. The van der Waals surface area contributed by atoms with Crippen molar-refractivity contribution < 1.29 is 14.6 Å². The molecule has 0 radical (unpaired) electrons. The van der Waals surface area contributed by atoms with Gasteiger partial charge in [-0.1, -0.05) is 0 Å². The predicted molar refractivity (Wildman–Crippen MR) is 92.8 cm³/mol. The first-order chi connectivity index (χ1) is 12.1. The van der Waals surface area contributed by atoms with Crippen molar-refractivity contribution in [1.29, 1.82) is 0 Å². The molecule has 3 aliphatic rings. The van der Waals surface area contributed by atoms with Gasteiger partial charge in [0.2, 0.25) is 0 Å². The van der Waals surface area contributed by atoms with Crippen LogP contribution in [0.25, 0.3) is 0 Å². The molecule has 2 fully saturated rings. The first kappa shape index (κ1) is 16.7. The van der Waals surface area contributed by atoms with Gasteiger partial charge in [0, 0.05) is 63.6 Å². The van der Waals surface area contributed by atoms with Crippen molar-refractivity contribution in [2.45, 2.75) is 25.7 Å². The van der Waals surface area contributed by atoms with Crippen LogP contribution in [0.4, 0.5) is 5.82 Å². The Hall–Kier alpha value is -1.73. The van der Waals surface area contributed by atoms with Crippen LogP contribution in [0.15, 0.2) is 6.33 Å². The van der Waals surface area contributed by atoms with Gasteiger partial charge in [-0.25, -0.2) is 9.97 Å². The lowest BCUT2D eigenvalue weighted by atomic mass is 9.81. The Bertz CT molecular complexity index is 668. The zero-order valence-electron chi connectivity index (χ0n) is 14.8. The lowest BCUT2D eigenvalue weighted by Crippen LogP contribution is -2.41. The highest BCUT2D eigenvalue weighted by molar-refractivity contribution is 5.78. The van der Waals surface area contributed by atoms with Crippen LogP contribution in [0.5, 0.6) is 0 Å². The molecule has 2 saturated heterocycles. The second-order valence-electron chi connectivity index (χ2n) is 7.60. The number of nitrogens with zero attached hydrogens (tertiary/aromatic N) is 4. The summed E-state index contributed by atoms with van der Waals surface area (Å²) in [7, 11) is 1.70. The number of rotatable bonds is 6. The van der Waals surface area contributed by atoms with E-state index in [1.54, 1.807) is 13.4 Å². The number of aliphatic carboxylic acids is 1. The highest BCUT2D eigenvalue weighted by Gasteiger charge is 2.57. The molecule has 2 atom stereocenters. The fraction of sp³-hybridized carbons (Fsp3) is 0.722. The Labute approximate surface area is 148 Å². The fourth-order valence-electron chi connectivity index (χ4n) is 4.85. The molecule has 7 heteroatoms. The van der Waals surface area contributed by atoms with Crippen molar-refractivity contribution in [3.8, 4) is 0 Å². The number of aromatic nitrogens is 2. The third kappa shape index (κ3) is 2.79. The molecule has 1 aliphatic carbocycles. The molecule has 25 heavy (non-hydrogen) atoms. The van der Waals surface area contributed by atoms with E-state index < -0.39 is 11.4 Å². The second kappa shape index (κ2) is 6.53. The van der Waals surface area contributed by atoms with Crippen LogP contribution in [0, 0.1) is 11.3 Å². The standard InChI is InChI=1S/C18H26N4O3/c1-25-7-3-6-21-8-13-9-22(11-18(13,10-21)17(23)24)16-14-4-2-5-15(14)19-12-20-16/h12-13H,2-11H2,1H3,(H,23,24). The molecule has 1 aromatic rings. The molecular weight excluding hydrogens is 320 g/mol. The molecule has 2 aliphatic heterocycles. The van der Waals surface area contributed by atoms with Gasteiger partial charge < -0.3 is 19.6 Å². The number of hydrogen-bond donors (Lipinski definition) is 1. The van der Waals surface area contributed by atoms with E-state index in [0.717, 1.165) is 63.4 Å². The molecule has 0 saturated carbocycles. The highest BCUT2D eigenvalue weighted by Crippen LogP contribution is 2.45. The van der Waals surface area contributed by atoms with Crippen molar-refractivity contribution in [1.82, 2.24) is 14.9 Å². The average Bonchev–Trinajstić information content (AvgIpc) is 3.26. The van der Waals surface area contributed by atoms with Crippen LogP contribution in [0.1, 0.15) is 24.1 Å². The molecule has 136 valence electrons. The van der Waals surface area contributed by atoms with E-state index in [1.165, 1.54) is 5.56 Å². The van der Waals surface area contributed by atoms with Crippen molar-refractivity contribution in [3.63, 3.8) is 0 Å². The van der Waals surface area contributed by atoms with Gasteiger partial charge in [0.25, 0.3) is 0 Å². The van der Waals surface area contributed by atoms with Crippen LogP contribution in [0.2, 0.25) is 0 Å². The topological polar surface area (TPSA) is 78.8 Å². The predicted octanol–water partition coefficient (Wildman–Crippen LogP) is 0.825. The zero-order valence-corrected chi connectivity index (χ0v) is 14.8. The number of hydrogen-bond acceptors (Lipinski definition) is 6. The Kier molecular flexibility index (Phi) is 4.37. The third-order valence-corrected chi connectivity index (χ3v) is 6.08. The molecule has 0 aromatic carbocycles. The van der Waals surface area contributed by atoms with Gasteiger partial charge in [0.05, 0.1) is 0 Å². The molecule has 0 bridgehead atoms. The van der Waals surface area contributed by atoms with E-state index in [4.69, 9.17) is 4.74 Å². The van der Waals surface area contributed by atoms with Crippen LogP contribution >= 0.6 is 0 Å². The summed E-state index contributed by atoms with van der Waals surface area (Å²) in [4.78, 5) is 25.6. The van der Waals surface area contributed by atoms with Crippen LogP contribution in [-0.4, -0.2) is 72.4 Å². The Morgan fingerprint density at radius 1 is 1.36 bits per heavy atom. The lowest BCUT2D eigenvalue weighted by molar-refractivity contribution is -0.148. The van der Waals surface area contributed by atoms with Gasteiger partial charge >= 0.3 is 5.97 Å². The summed E-state index contributed by atoms with van der Waals surface area (Å²) in [6, 6.07) is 0. The Morgan fingerprint density at radius 3 is 3.00 bits per heavy atom. The van der Waals surface area contributed by atoms with Gasteiger partial charge in [0.1, 0.15) is 17.6 Å². The minimum absolute atomic E-state index is 0.152. The number of methoxy groups -OCH3 is 1. The number of carboxylic acids is 1. The number of anilines is 1. The molecule has 2 unspecified atom stereocenters. The monoisotopic (exact) mass is 346 g/mol. The quantitative estimate of drug-likeness (QED) is 0.764. The number of fused-ring (bicyclic) bond motifs is 2. The van der Waals surface area contributed by atoms with Crippen molar-refractivity contribution >= 4 is 11.8 Å². The summed E-state index contributed by atoms with van der Waals surface area (Å²) in [5.41, 5.74) is 1.70. The summed E-state index contributed by atoms with van der Waals surface area (Å²) in [5, 5.41) is 10.0. The van der Waals surface area contributed by atoms with Crippen molar-refractivity contribution in [2.75, 3.05) is 51.3 Å². The molecule has 0 amide bonds. The smallest absolute Gasteiger partial charge is 0.313 e. The number of carbonyl (C=O) groups is 1. The van der Waals surface area contributed by atoms with Gasteiger partial charge in [-0.05, 0) is 25.7 Å². The molecule has 4 rings (SSSR count). The molecule has 7 nitrogen and oxygen atoms in total. The minimum atomic E-state index is -0.677. The fourth-order valence-corrected chi connectivity index (χ4v) is 4.85. The number of likely N-dealkylation sites (tertiary alicyclic amines) is 1. The molecular formula is C18H26N4O3. The van der Waals surface area contributed by atoms with Crippen LogP contribution < -0.4 is 4.90 Å². The van der Waals surface area contributed by atoms with E-state index in [-0.39, 0.29) is 5.92 Å². The normalized spacial score (nSPS) is 28.4. The van der Waals surface area contributed by atoms with Gasteiger partial charge in [-0.2, -0.15) is 0 Å². The Balaban J connectivity index is 1.52. The number of ether oxygens (including phenoxy) is 1. The van der Waals surface area contributed by atoms with E-state index in [9.17, 15) is 9.90 Å². The first-order valence-corrected chi connectivity index (χ1v) is 9.16. The molecule has 1 N–H and O–H groups in total. The first-order valence-electron chi connectivity index (χ1n) is 9.16. The SMILES string of the molecule is COCCCN1CC2CN(c3ncnc4c3CCC4)CC2(C(=O)O)C1. The molecule has 0 spiro atoms. The Morgan fingerprint density at radius 2 is 2.24 bits per heavy atom. The summed E-state index contributed by atoms with van der Waals surface area (Å²) in [5.74, 6) is 0.461. The van der Waals surface area contributed by atoms with E-state index in [2.05, 4.69) is 19.8 Å².